The normalized spacial score (nSPS) is 12.9. The van der Waals surface area contributed by atoms with Gasteiger partial charge in [-0.2, -0.15) is 0 Å². The molecule has 10 heteroatoms. The molecule has 0 spiro atoms. The fraction of sp³-hybridized carbons (Fsp3) is 0.500. The predicted molar refractivity (Wildman–Crippen MR) is 140 cm³/mol. The molecule has 0 bridgehead atoms. The molecule has 38 heavy (non-hydrogen) atoms. The monoisotopic (exact) mass is 538 g/mol. The van der Waals surface area contributed by atoms with Crippen molar-refractivity contribution in [2.24, 2.45) is 0 Å². The highest BCUT2D eigenvalue weighted by molar-refractivity contribution is 5.89. The molecule has 2 aromatic rings. The number of carbonyl (C=O) groups is 2. The Balaban J connectivity index is 2.06. The average molecular weight is 539 g/mol. The lowest BCUT2D eigenvalue weighted by molar-refractivity contribution is -0.274. The first kappa shape index (κ1) is 30.8. The van der Waals surface area contributed by atoms with Gasteiger partial charge in [0.05, 0.1) is 0 Å². The van der Waals surface area contributed by atoms with Crippen LogP contribution in [0.25, 0.3) is 0 Å². The maximum Gasteiger partial charge on any atom is 0.573 e. The van der Waals surface area contributed by atoms with Crippen LogP contribution in [0.4, 0.5) is 23.7 Å². The van der Waals surface area contributed by atoms with Crippen LogP contribution in [-0.2, 0) is 11.2 Å². The molecule has 0 aliphatic carbocycles. The van der Waals surface area contributed by atoms with Crippen LogP contribution in [0.2, 0.25) is 0 Å². The average Bonchev–Trinajstić information content (AvgIpc) is 2.86. The minimum Gasteiger partial charge on any atom is -0.478 e. The van der Waals surface area contributed by atoms with E-state index in [9.17, 15) is 27.9 Å². The van der Waals surface area contributed by atoms with Crippen molar-refractivity contribution in [1.82, 2.24) is 4.90 Å². The Morgan fingerprint density at radius 2 is 1.61 bits per heavy atom. The molecule has 0 saturated carbocycles. The lowest BCUT2D eigenvalue weighted by Crippen LogP contribution is -2.40. The number of aliphatic carboxylic acids is 1. The molecular formula is C28H37F3N2O5. The largest absolute Gasteiger partial charge is 0.573 e. The highest BCUT2D eigenvalue weighted by Crippen LogP contribution is 2.25. The molecule has 2 rings (SSSR count). The van der Waals surface area contributed by atoms with Gasteiger partial charge in [-0.25, -0.2) is 9.59 Å². The van der Waals surface area contributed by atoms with Crippen LogP contribution >= 0.6 is 0 Å². The van der Waals surface area contributed by atoms with E-state index < -0.39 is 17.9 Å². The van der Waals surface area contributed by atoms with Crippen LogP contribution < -0.4 is 14.8 Å². The van der Waals surface area contributed by atoms with E-state index in [4.69, 9.17) is 4.74 Å². The molecule has 2 amide bonds. The molecule has 2 aromatic carbocycles. The Kier molecular flexibility index (Phi) is 11.7. The van der Waals surface area contributed by atoms with Crippen molar-refractivity contribution in [2.75, 3.05) is 18.4 Å². The van der Waals surface area contributed by atoms with Crippen LogP contribution in [0.1, 0.15) is 64.9 Å². The number of anilines is 1. The van der Waals surface area contributed by atoms with E-state index in [-0.39, 0.29) is 11.8 Å². The second-order valence-corrected chi connectivity index (χ2v) is 9.29. The summed E-state index contributed by atoms with van der Waals surface area (Å²) in [6, 6.07) is 11.8. The van der Waals surface area contributed by atoms with Crippen molar-refractivity contribution in [3.05, 3.63) is 54.1 Å². The fourth-order valence-electron chi connectivity index (χ4n) is 3.72. The van der Waals surface area contributed by atoms with Gasteiger partial charge in [0.2, 0.25) is 5.60 Å². The van der Waals surface area contributed by atoms with Crippen LogP contribution in [-0.4, -0.2) is 47.1 Å². The van der Waals surface area contributed by atoms with Gasteiger partial charge >= 0.3 is 18.4 Å². The Bertz CT molecular complexity index is 1030. The zero-order valence-corrected chi connectivity index (χ0v) is 22.1. The van der Waals surface area contributed by atoms with Crippen molar-refractivity contribution in [1.29, 1.82) is 0 Å². The lowest BCUT2D eigenvalue weighted by Gasteiger charge is -2.25. The molecule has 7 nitrogen and oxygen atoms in total. The molecule has 1 unspecified atom stereocenters. The molecule has 0 saturated heterocycles. The summed E-state index contributed by atoms with van der Waals surface area (Å²) in [4.78, 5) is 26.3. The van der Waals surface area contributed by atoms with E-state index in [0.29, 0.717) is 37.4 Å². The molecular weight excluding hydrogens is 501 g/mol. The number of carboxylic acid groups (broad SMARTS) is 1. The number of benzene rings is 2. The SMILES string of the molecule is CCCCCCCN(CCc1cccc(OC(C)(CC)C(=O)O)c1)C(=O)Nc1ccc(OC(F)(F)F)cc1. The molecule has 0 aliphatic heterocycles. The number of amides is 2. The van der Waals surface area contributed by atoms with Gasteiger partial charge in [-0.15, -0.1) is 13.2 Å². The van der Waals surface area contributed by atoms with Gasteiger partial charge < -0.3 is 24.8 Å². The topological polar surface area (TPSA) is 88.1 Å². The summed E-state index contributed by atoms with van der Waals surface area (Å²) in [7, 11) is 0. The van der Waals surface area contributed by atoms with Crippen LogP contribution in [0, 0.1) is 0 Å². The Morgan fingerprint density at radius 1 is 0.921 bits per heavy atom. The summed E-state index contributed by atoms with van der Waals surface area (Å²) in [5.41, 5.74) is -0.115. The summed E-state index contributed by atoms with van der Waals surface area (Å²) < 4.78 is 46.8. The third-order valence-electron chi connectivity index (χ3n) is 6.20. The highest BCUT2D eigenvalue weighted by Gasteiger charge is 2.33. The summed E-state index contributed by atoms with van der Waals surface area (Å²) in [5, 5.41) is 12.2. The maximum atomic E-state index is 13.0. The fourth-order valence-corrected chi connectivity index (χ4v) is 3.72. The quantitative estimate of drug-likeness (QED) is 0.233. The minimum atomic E-state index is -4.79. The molecule has 0 radical (unpaired) electrons. The number of ether oxygens (including phenoxy) is 2. The molecule has 210 valence electrons. The molecule has 0 aliphatic rings. The first-order valence-electron chi connectivity index (χ1n) is 12.9. The van der Waals surface area contributed by atoms with Gasteiger partial charge in [0.25, 0.3) is 0 Å². The number of carboxylic acids is 1. The zero-order valence-electron chi connectivity index (χ0n) is 22.1. The molecule has 0 heterocycles. The van der Waals surface area contributed by atoms with E-state index in [1.54, 1.807) is 30.0 Å². The van der Waals surface area contributed by atoms with Crippen molar-refractivity contribution in [2.45, 2.75) is 77.7 Å². The van der Waals surface area contributed by atoms with Crippen molar-refractivity contribution in [3.63, 3.8) is 0 Å². The Hall–Kier alpha value is -3.43. The number of urea groups is 1. The summed E-state index contributed by atoms with van der Waals surface area (Å²) in [6.45, 7) is 6.30. The number of hydrogen-bond acceptors (Lipinski definition) is 4. The van der Waals surface area contributed by atoms with Crippen LogP contribution in [0.3, 0.4) is 0 Å². The number of hydrogen-bond donors (Lipinski definition) is 2. The number of nitrogens with zero attached hydrogens (tertiary/aromatic N) is 1. The highest BCUT2D eigenvalue weighted by atomic mass is 19.4. The molecule has 2 N–H and O–H groups in total. The van der Waals surface area contributed by atoms with E-state index in [1.807, 2.05) is 6.07 Å². The van der Waals surface area contributed by atoms with E-state index in [0.717, 1.165) is 49.8 Å². The van der Waals surface area contributed by atoms with Crippen molar-refractivity contribution in [3.8, 4) is 11.5 Å². The zero-order chi connectivity index (χ0) is 28.2. The van der Waals surface area contributed by atoms with E-state index in [1.165, 1.54) is 19.1 Å². The van der Waals surface area contributed by atoms with E-state index >= 15 is 0 Å². The van der Waals surface area contributed by atoms with Crippen molar-refractivity contribution >= 4 is 17.7 Å². The smallest absolute Gasteiger partial charge is 0.478 e. The van der Waals surface area contributed by atoms with Gasteiger partial charge in [0.1, 0.15) is 11.5 Å². The number of rotatable bonds is 15. The third-order valence-corrected chi connectivity index (χ3v) is 6.20. The number of unbranched alkanes of at least 4 members (excludes halogenated alkanes) is 4. The number of carbonyl (C=O) groups excluding carboxylic acids is 1. The standard InChI is InChI=1S/C28H37F3N2O5/c1-4-6-7-8-9-18-33(26(36)32-22-13-15-23(16-14-22)38-28(29,30)31)19-17-21-11-10-12-24(20-21)37-27(3,5-2)25(34)35/h10-16,20H,4-9,17-19H2,1-3H3,(H,32,36)(H,34,35). The summed E-state index contributed by atoms with van der Waals surface area (Å²) in [6.07, 6.45) is 1.12. The lowest BCUT2D eigenvalue weighted by atomic mass is 10.0. The van der Waals surface area contributed by atoms with Gasteiger partial charge in [0, 0.05) is 18.8 Å². The molecule has 0 aromatic heterocycles. The van der Waals surface area contributed by atoms with Crippen LogP contribution in [0.5, 0.6) is 11.5 Å². The minimum absolute atomic E-state index is 0.294. The first-order valence-corrected chi connectivity index (χ1v) is 12.9. The maximum absolute atomic E-state index is 13.0. The second kappa shape index (κ2) is 14.5. The van der Waals surface area contributed by atoms with Gasteiger partial charge in [-0.1, -0.05) is 51.7 Å². The first-order chi connectivity index (χ1) is 18.0. The van der Waals surface area contributed by atoms with Gasteiger partial charge in [-0.05, 0) is 68.1 Å². The van der Waals surface area contributed by atoms with Crippen molar-refractivity contribution < 1.29 is 37.3 Å². The number of halogens is 3. The van der Waals surface area contributed by atoms with Gasteiger partial charge in [-0.3, -0.25) is 0 Å². The Labute approximate surface area is 221 Å². The molecule has 1 atom stereocenters. The number of nitrogens with one attached hydrogen (secondary N) is 1. The molecule has 0 fully saturated rings. The van der Waals surface area contributed by atoms with Gasteiger partial charge in [0.15, 0.2) is 0 Å². The second-order valence-electron chi connectivity index (χ2n) is 9.29. The van der Waals surface area contributed by atoms with E-state index in [2.05, 4.69) is 17.0 Å². The Morgan fingerprint density at radius 3 is 2.21 bits per heavy atom. The van der Waals surface area contributed by atoms with Crippen LogP contribution in [0.15, 0.2) is 48.5 Å². The predicted octanol–water partition coefficient (Wildman–Crippen LogP) is 7.26. The third kappa shape index (κ3) is 10.5. The summed E-state index contributed by atoms with van der Waals surface area (Å²) in [5.74, 6) is -0.979. The number of alkyl halides is 3. The summed E-state index contributed by atoms with van der Waals surface area (Å²) >= 11 is 0.